The number of nitrogens with zero attached hydrogens (tertiary/aromatic N) is 1. The third-order valence-electron chi connectivity index (χ3n) is 0.946. The zero-order chi connectivity index (χ0) is 11.8. The molecule has 0 aromatic rings. The van der Waals surface area contributed by atoms with Crippen molar-refractivity contribution in [2.45, 2.75) is 18.1 Å². The van der Waals surface area contributed by atoms with Gasteiger partial charge in [-0.3, -0.25) is 0 Å². The van der Waals surface area contributed by atoms with E-state index in [9.17, 15) is 30.7 Å². The van der Waals surface area contributed by atoms with Crippen molar-refractivity contribution in [1.82, 2.24) is 0 Å². The average molecular weight is 286 g/mol. The van der Waals surface area contributed by atoms with Crippen LogP contribution in [0.15, 0.2) is 4.36 Å². The predicted molar refractivity (Wildman–Crippen MR) is 37.4 cm³/mol. The van der Waals surface area contributed by atoms with E-state index in [1.165, 1.54) is 0 Å². The van der Waals surface area contributed by atoms with Gasteiger partial charge in [0, 0.05) is 0 Å². The monoisotopic (exact) mass is 285 g/mol. The number of hydrogen-bond acceptors (Lipinski definition) is 1. The number of alkyl halides is 7. The van der Waals surface area contributed by atoms with Crippen molar-refractivity contribution in [2.24, 2.45) is 4.36 Å². The Hall–Kier alpha value is 0.240. The second-order valence-corrected chi connectivity index (χ2v) is 4.71. The molecular formula is C3Cl2F7NS. The van der Waals surface area contributed by atoms with Gasteiger partial charge in [0.15, 0.2) is 0 Å². The summed E-state index contributed by atoms with van der Waals surface area (Å²) in [5, 5.41) is 0. The maximum Gasteiger partial charge on any atom is 0.454 e. The van der Waals surface area contributed by atoms with Crippen LogP contribution in [0.25, 0.3) is 0 Å². The standard InChI is InChI=1S/C3Cl2F7NS/c4-14(5)13-1(6,2(7,8)9)3(10,11)12. The van der Waals surface area contributed by atoms with E-state index in [-0.39, 0.29) is 0 Å². The summed E-state index contributed by atoms with van der Waals surface area (Å²) in [7, 11) is 6.40. The molecule has 0 radical (unpaired) electrons. The van der Waals surface area contributed by atoms with Gasteiger partial charge in [-0.1, -0.05) is 0 Å². The molecule has 0 saturated heterocycles. The molecule has 0 fully saturated rings. The minimum absolute atomic E-state index is 1.59. The first kappa shape index (κ1) is 14.2. The summed E-state index contributed by atoms with van der Waals surface area (Å²) in [5.74, 6) is -5.73. The molecule has 0 amide bonds. The van der Waals surface area contributed by atoms with Gasteiger partial charge in [-0.2, -0.15) is 35.1 Å². The topological polar surface area (TPSA) is 12.4 Å². The fourth-order valence-corrected chi connectivity index (χ4v) is 1.33. The number of rotatable bonds is 1. The minimum atomic E-state index is -6.25. The van der Waals surface area contributed by atoms with Crippen LogP contribution >= 0.6 is 21.4 Å². The lowest BCUT2D eigenvalue weighted by Crippen LogP contribution is -2.51. The van der Waals surface area contributed by atoms with Gasteiger partial charge in [0.05, 0.1) is 9.12 Å². The quantitative estimate of drug-likeness (QED) is 0.512. The van der Waals surface area contributed by atoms with E-state index in [1.807, 2.05) is 0 Å². The van der Waals surface area contributed by atoms with Crippen LogP contribution in [-0.2, 0) is 9.12 Å². The molecule has 0 saturated carbocycles. The van der Waals surface area contributed by atoms with E-state index in [0.717, 1.165) is 0 Å². The maximum absolute atomic E-state index is 12.5. The van der Waals surface area contributed by atoms with Gasteiger partial charge in [0.2, 0.25) is 0 Å². The third-order valence-corrected chi connectivity index (χ3v) is 1.75. The first-order valence-electron chi connectivity index (χ1n) is 2.54. The van der Waals surface area contributed by atoms with Gasteiger partial charge in [0.1, 0.15) is 0 Å². The Morgan fingerprint density at radius 3 is 1.14 bits per heavy atom. The van der Waals surface area contributed by atoms with E-state index in [4.69, 9.17) is 0 Å². The van der Waals surface area contributed by atoms with Crippen molar-refractivity contribution in [3.05, 3.63) is 0 Å². The molecule has 0 aromatic carbocycles. The molecule has 11 heteroatoms. The molecule has 0 aliphatic carbocycles. The Bertz CT molecular complexity index is 226. The molecule has 14 heavy (non-hydrogen) atoms. The lowest BCUT2D eigenvalue weighted by molar-refractivity contribution is -0.337. The van der Waals surface area contributed by atoms with E-state index in [0.29, 0.717) is 0 Å². The largest absolute Gasteiger partial charge is 0.454 e. The first-order chi connectivity index (χ1) is 5.92. The van der Waals surface area contributed by atoms with E-state index in [2.05, 4.69) is 21.4 Å². The van der Waals surface area contributed by atoms with Crippen molar-refractivity contribution >= 4 is 30.5 Å². The predicted octanol–water partition coefficient (Wildman–Crippen LogP) is 3.89. The second-order valence-electron chi connectivity index (χ2n) is 1.91. The molecule has 0 aliphatic heterocycles. The summed E-state index contributed by atoms with van der Waals surface area (Å²) >= 11 is 0. The second kappa shape index (κ2) is 4.01. The molecule has 0 bridgehead atoms. The lowest BCUT2D eigenvalue weighted by atomic mass is 10.2. The van der Waals surface area contributed by atoms with Crippen molar-refractivity contribution in [1.29, 1.82) is 0 Å². The van der Waals surface area contributed by atoms with Gasteiger partial charge < -0.3 is 0 Å². The first-order valence-corrected chi connectivity index (χ1v) is 5.37. The van der Waals surface area contributed by atoms with E-state index >= 15 is 0 Å². The van der Waals surface area contributed by atoms with Crippen LogP contribution in [0, 0.1) is 0 Å². The number of hydrogen-bond donors (Lipinski definition) is 0. The molecule has 0 atom stereocenters. The molecule has 0 aliphatic rings. The van der Waals surface area contributed by atoms with Gasteiger partial charge in [-0.05, 0) is 21.4 Å². The highest BCUT2D eigenvalue weighted by Crippen LogP contribution is 2.47. The van der Waals surface area contributed by atoms with E-state index in [1.54, 1.807) is 4.36 Å². The summed E-state index contributed by atoms with van der Waals surface area (Å²) < 4.78 is 84.0. The number of halogens is 9. The lowest BCUT2D eigenvalue weighted by Gasteiger charge is -2.25. The van der Waals surface area contributed by atoms with Crippen LogP contribution in [0.1, 0.15) is 0 Å². The summed E-state index contributed by atoms with van der Waals surface area (Å²) in [6, 6.07) is 0. The highest BCUT2D eigenvalue weighted by Gasteiger charge is 2.74. The molecule has 86 valence electrons. The zero-order valence-electron chi connectivity index (χ0n) is 5.76. The molecule has 0 rings (SSSR count). The highest BCUT2D eigenvalue weighted by atomic mass is 36.0. The molecule has 0 heterocycles. The van der Waals surface area contributed by atoms with Gasteiger partial charge >= 0.3 is 18.1 Å². The van der Waals surface area contributed by atoms with Crippen molar-refractivity contribution in [3.63, 3.8) is 0 Å². The Kier molecular flexibility index (Phi) is 4.08. The van der Waals surface area contributed by atoms with E-state index < -0.39 is 27.3 Å². The zero-order valence-corrected chi connectivity index (χ0v) is 8.09. The smallest absolute Gasteiger partial charge is 0.196 e. The fourth-order valence-electron chi connectivity index (χ4n) is 0.359. The SMILES string of the molecule is FC(F)(F)C(F)(N=S(Cl)Cl)C(F)(F)F. The fraction of sp³-hybridized carbons (Fsp3) is 1.00. The Morgan fingerprint density at radius 1 is 0.786 bits per heavy atom. The maximum atomic E-state index is 12.5. The molecule has 1 nitrogen and oxygen atoms in total. The van der Waals surface area contributed by atoms with Gasteiger partial charge in [-0.15, -0.1) is 0 Å². The molecule has 0 unspecified atom stereocenters. The molecule has 0 spiro atoms. The van der Waals surface area contributed by atoms with Crippen LogP contribution in [0.4, 0.5) is 30.7 Å². The summed E-state index contributed by atoms with van der Waals surface area (Å²) in [6.45, 7) is 0. The van der Waals surface area contributed by atoms with Gasteiger partial charge in [-0.25, -0.2) is 0 Å². The third kappa shape index (κ3) is 2.86. The highest BCUT2D eigenvalue weighted by molar-refractivity contribution is 8.28. The van der Waals surface area contributed by atoms with Crippen LogP contribution in [0.2, 0.25) is 0 Å². The van der Waals surface area contributed by atoms with Gasteiger partial charge in [0.25, 0.3) is 0 Å². The molecule has 0 N–H and O–H groups in total. The van der Waals surface area contributed by atoms with Crippen LogP contribution in [0.5, 0.6) is 0 Å². The normalized spacial score (nSPS) is 14.7. The summed E-state index contributed by atoms with van der Waals surface area (Å²) in [5.41, 5.74) is 0. The summed E-state index contributed by atoms with van der Waals surface area (Å²) in [6.07, 6.45) is -12.5. The van der Waals surface area contributed by atoms with Crippen molar-refractivity contribution < 1.29 is 30.7 Å². The molecule has 0 aromatic heterocycles. The Balaban J connectivity index is 5.41. The minimum Gasteiger partial charge on any atom is -0.196 e. The van der Waals surface area contributed by atoms with Crippen LogP contribution < -0.4 is 0 Å². The van der Waals surface area contributed by atoms with Crippen molar-refractivity contribution in [3.8, 4) is 0 Å². The Morgan fingerprint density at radius 2 is 1.07 bits per heavy atom. The van der Waals surface area contributed by atoms with Crippen LogP contribution in [0.3, 0.4) is 0 Å². The van der Waals surface area contributed by atoms with Crippen LogP contribution in [-0.4, -0.2) is 18.1 Å². The Labute approximate surface area is 84.3 Å². The van der Waals surface area contributed by atoms with Crippen molar-refractivity contribution in [2.75, 3.05) is 0 Å². The average Bonchev–Trinajstić information content (AvgIpc) is 1.79. The molecular weight excluding hydrogens is 286 g/mol. The summed E-state index contributed by atoms with van der Waals surface area (Å²) in [4.78, 5) is 0.